The molecule has 1 saturated heterocycles. The van der Waals surface area contributed by atoms with Gasteiger partial charge in [-0.05, 0) is 25.0 Å². The van der Waals surface area contributed by atoms with Gasteiger partial charge in [-0.25, -0.2) is 0 Å². The minimum Gasteiger partial charge on any atom is -0.370 e. The predicted molar refractivity (Wildman–Crippen MR) is 55.9 cm³/mol. The first-order valence-corrected chi connectivity index (χ1v) is 4.92. The van der Waals surface area contributed by atoms with Crippen molar-refractivity contribution in [2.24, 2.45) is 5.73 Å². The van der Waals surface area contributed by atoms with Crippen molar-refractivity contribution < 1.29 is 0 Å². The monoisotopic (exact) mass is 176 g/mol. The summed E-state index contributed by atoms with van der Waals surface area (Å²) in [4.78, 5) is 2.37. The highest BCUT2D eigenvalue weighted by molar-refractivity contribution is 5.46. The van der Waals surface area contributed by atoms with E-state index in [1.54, 1.807) is 0 Å². The van der Waals surface area contributed by atoms with Crippen LogP contribution in [0.3, 0.4) is 0 Å². The second kappa shape index (κ2) is 3.79. The summed E-state index contributed by atoms with van der Waals surface area (Å²) >= 11 is 0. The van der Waals surface area contributed by atoms with Crippen molar-refractivity contribution in [2.45, 2.75) is 18.9 Å². The van der Waals surface area contributed by atoms with Crippen LogP contribution < -0.4 is 10.6 Å². The molecule has 0 bridgehead atoms. The molecule has 1 aliphatic heterocycles. The molecule has 1 aliphatic rings. The number of para-hydroxylation sites is 1. The third-order valence-corrected chi connectivity index (χ3v) is 2.58. The molecule has 1 fully saturated rings. The van der Waals surface area contributed by atoms with Crippen LogP contribution in [0.15, 0.2) is 30.3 Å². The number of anilines is 1. The lowest BCUT2D eigenvalue weighted by molar-refractivity contribution is 0.506. The summed E-state index contributed by atoms with van der Waals surface area (Å²) in [7, 11) is 0. The number of nitrogens with two attached hydrogens (primary N) is 1. The number of piperidine rings is 1. The zero-order valence-corrected chi connectivity index (χ0v) is 7.82. The van der Waals surface area contributed by atoms with Gasteiger partial charge in [-0.15, -0.1) is 0 Å². The Morgan fingerprint density at radius 2 is 2.00 bits per heavy atom. The van der Waals surface area contributed by atoms with Crippen LogP contribution in [0.1, 0.15) is 12.8 Å². The highest BCUT2D eigenvalue weighted by Gasteiger charge is 2.16. The Morgan fingerprint density at radius 1 is 1.23 bits per heavy atom. The Morgan fingerprint density at radius 3 is 2.69 bits per heavy atom. The summed E-state index contributed by atoms with van der Waals surface area (Å²) in [6, 6.07) is 10.9. The van der Waals surface area contributed by atoms with Crippen LogP contribution in [0.5, 0.6) is 0 Å². The standard InChI is InChI=1S/C11H16N2/c12-10-5-4-8-13(9-10)11-6-2-1-3-7-11/h1-3,6-7,10H,4-5,8-9,12H2/t10-/m1/s1. The van der Waals surface area contributed by atoms with Gasteiger partial charge in [-0.1, -0.05) is 18.2 Å². The van der Waals surface area contributed by atoms with Crippen molar-refractivity contribution in [1.82, 2.24) is 0 Å². The maximum Gasteiger partial charge on any atom is 0.0366 e. The van der Waals surface area contributed by atoms with Gasteiger partial charge >= 0.3 is 0 Å². The molecule has 1 heterocycles. The first-order chi connectivity index (χ1) is 6.36. The first kappa shape index (κ1) is 8.57. The maximum absolute atomic E-state index is 5.92. The second-order valence-corrected chi connectivity index (χ2v) is 3.68. The summed E-state index contributed by atoms with van der Waals surface area (Å²) in [5.74, 6) is 0. The number of hydrogen-bond acceptors (Lipinski definition) is 2. The quantitative estimate of drug-likeness (QED) is 0.704. The Hall–Kier alpha value is -1.02. The predicted octanol–water partition coefficient (Wildman–Crippen LogP) is 1.61. The van der Waals surface area contributed by atoms with E-state index in [2.05, 4.69) is 29.2 Å². The Kier molecular flexibility index (Phi) is 2.50. The third-order valence-electron chi connectivity index (χ3n) is 2.58. The van der Waals surface area contributed by atoms with Gasteiger partial charge in [0.15, 0.2) is 0 Å². The number of nitrogens with zero attached hydrogens (tertiary/aromatic N) is 1. The van der Waals surface area contributed by atoms with Crippen molar-refractivity contribution in [2.75, 3.05) is 18.0 Å². The van der Waals surface area contributed by atoms with E-state index in [0.717, 1.165) is 13.1 Å². The fourth-order valence-electron chi connectivity index (χ4n) is 1.88. The molecule has 2 rings (SSSR count). The van der Waals surface area contributed by atoms with E-state index < -0.39 is 0 Å². The van der Waals surface area contributed by atoms with Gasteiger partial charge in [0.25, 0.3) is 0 Å². The molecule has 1 atom stereocenters. The SMILES string of the molecule is N[C@@H]1CCCN(c2ccccc2)C1. The molecule has 13 heavy (non-hydrogen) atoms. The molecule has 0 unspecified atom stereocenters. The molecule has 1 aromatic carbocycles. The normalized spacial score (nSPS) is 23.2. The van der Waals surface area contributed by atoms with Crippen molar-refractivity contribution in [1.29, 1.82) is 0 Å². The molecule has 2 heteroatoms. The van der Waals surface area contributed by atoms with Gasteiger partial charge in [-0.3, -0.25) is 0 Å². The highest BCUT2D eigenvalue weighted by Crippen LogP contribution is 2.18. The van der Waals surface area contributed by atoms with E-state index in [0.29, 0.717) is 6.04 Å². The van der Waals surface area contributed by atoms with E-state index in [4.69, 9.17) is 5.73 Å². The van der Waals surface area contributed by atoms with Crippen molar-refractivity contribution in [3.63, 3.8) is 0 Å². The summed E-state index contributed by atoms with van der Waals surface area (Å²) in [6.07, 6.45) is 2.39. The van der Waals surface area contributed by atoms with Crippen LogP contribution in [0.2, 0.25) is 0 Å². The van der Waals surface area contributed by atoms with Gasteiger partial charge in [-0.2, -0.15) is 0 Å². The summed E-state index contributed by atoms with van der Waals surface area (Å²) in [5.41, 5.74) is 7.22. The van der Waals surface area contributed by atoms with Crippen LogP contribution in [0.4, 0.5) is 5.69 Å². The van der Waals surface area contributed by atoms with Gasteiger partial charge in [0.05, 0.1) is 0 Å². The molecular formula is C11H16N2. The fourth-order valence-corrected chi connectivity index (χ4v) is 1.88. The Labute approximate surface area is 79.4 Å². The van der Waals surface area contributed by atoms with Crippen LogP contribution in [0, 0.1) is 0 Å². The first-order valence-electron chi connectivity index (χ1n) is 4.92. The Balaban J connectivity index is 2.08. The van der Waals surface area contributed by atoms with Crippen molar-refractivity contribution in [3.8, 4) is 0 Å². The zero-order chi connectivity index (χ0) is 9.10. The van der Waals surface area contributed by atoms with Crippen molar-refractivity contribution >= 4 is 5.69 Å². The maximum atomic E-state index is 5.92. The molecule has 0 aromatic heterocycles. The summed E-state index contributed by atoms with van der Waals surface area (Å²) in [6.45, 7) is 2.15. The molecule has 2 N–H and O–H groups in total. The largest absolute Gasteiger partial charge is 0.370 e. The lowest BCUT2D eigenvalue weighted by atomic mass is 10.1. The third kappa shape index (κ3) is 2.01. The van der Waals surface area contributed by atoms with Crippen molar-refractivity contribution in [3.05, 3.63) is 30.3 Å². The second-order valence-electron chi connectivity index (χ2n) is 3.68. The van der Waals surface area contributed by atoms with Crippen LogP contribution >= 0.6 is 0 Å². The lowest BCUT2D eigenvalue weighted by Crippen LogP contribution is -2.42. The molecular weight excluding hydrogens is 160 g/mol. The van der Waals surface area contributed by atoms with Gasteiger partial charge in [0, 0.05) is 24.8 Å². The topological polar surface area (TPSA) is 29.3 Å². The fraction of sp³-hybridized carbons (Fsp3) is 0.455. The van der Waals surface area contributed by atoms with Gasteiger partial charge in [0.1, 0.15) is 0 Å². The average Bonchev–Trinajstić information content (AvgIpc) is 2.19. The smallest absolute Gasteiger partial charge is 0.0366 e. The number of benzene rings is 1. The van der Waals surface area contributed by atoms with Gasteiger partial charge in [0.2, 0.25) is 0 Å². The molecule has 70 valence electrons. The molecule has 0 aliphatic carbocycles. The minimum absolute atomic E-state index is 0.356. The zero-order valence-electron chi connectivity index (χ0n) is 7.82. The van der Waals surface area contributed by atoms with E-state index in [1.807, 2.05) is 6.07 Å². The molecule has 0 radical (unpaired) electrons. The molecule has 1 aromatic rings. The summed E-state index contributed by atoms with van der Waals surface area (Å²) in [5, 5.41) is 0. The van der Waals surface area contributed by atoms with Crippen LogP contribution in [0.25, 0.3) is 0 Å². The lowest BCUT2D eigenvalue weighted by Gasteiger charge is -2.32. The molecule has 0 spiro atoms. The van der Waals surface area contributed by atoms with E-state index in [1.165, 1.54) is 18.5 Å². The van der Waals surface area contributed by atoms with Gasteiger partial charge < -0.3 is 10.6 Å². The van der Waals surface area contributed by atoms with E-state index >= 15 is 0 Å². The van der Waals surface area contributed by atoms with Crippen LogP contribution in [-0.2, 0) is 0 Å². The average molecular weight is 176 g/mol. The molecule has 2 nitrogen and oxygen atoms in total. The molecule has 0 saturated carbocycles. The number of rotatable bonds is 1. The Bertz CT molecular complexity index is 258. The van der Waals surface area contributed by atoms with E-state index in [9.17, 15) is 0 Å². The minimum atomic E-state index is 0.356. The summed E-state index contributed by atoms with van der Waals surface area (Å²) < 4.78 is 0. The molecule has 0 amide bonds. The number of hydrogen-bond donors (Lipinski definition) is 1. The van der Waals surface area contributed by atoms with Crippen LogP contribution in [-0.4, -0.2) is 19.1 Å². The highest BCUT2D eigenvalue weighted by atomic mass is 15.1. The van der Waals surface area contributed by atoms with E-state index in [-0.39, 0.29) is 0 Å².